The molecular formula is C12H20N2. The Morgan fingerprint density at radius 1 is 1.14 bits per heavy atom. The van der Waals surface area contributed by atoms with E-state index < -0.39 is 0 Å². The number of rotatable bonds is 2. The van der Waals surface area contributed by atoms with E-state index in [-0.39, 0.29) is 5.54 Å². The maximum absolute atomic E-state index is 9.28. The molecule has 2 aliphatic rings. The molecule has 78 valence electrons. The standard InChI is InChI=1S/C12H20N2/c1-11(2)5-7-12(9-13,8-6-11)14-10-3-4-10/h10,14H,3-8H2,1-2H3. The van der Waals surface area contributed by atoms with Crippen LogP contribution >= 0.6 is 0 Å². The molecule has 0 bridgehead atoms. The lowest BCUT2D eigenvalue weighted by Crippen LogP contribution is -2.49. The van der Waals surface area contributed by atoms with E-state index in [4.69, 9.17) is 0 Å². The molecule has 0 radical (unpaired) electrons. The Hall–Kier alpha value is -0.550. The first kappa shape index (κ1) is 9.98. The maximum atomic E-state index is 9.28. The average molecular weight is 192 g/mol. The summed E-state index contributed by atoms with van der Waals surface area (Å²) in [7, 11) is 0. The summed E-state index contributed by atoms with van der Waals surface area (Å²) in [5.41, 5.74) is 0.266. The van der Waals surface area contributed by atoms with Crippen LogP contribution in [0.4, 0.5) is 0 Å². The Bertz CT molecular complexity index is 248. The van der Waals surface area contributed by atoms with Gasteiger partial charge in [-0.15, -0.1) is 0 Å². The first-order valence-electron chi connectivity index (χ1n) is 5.74. The van der Waals surface area contributed by atoms with E-state index in [0.29, 0.717) is 11.5 Å². The molecule has 0 unspecified atom stereocenters. The lowest BCUT2D eigenvalue weighted by Gasteiger charge is -2.40. The van der Waals surface area contributed by atoms with Crippen LogP contribution in [0.3, 0.4) is 0 Å². The van der Waals surface area contributed by atoms with E-state index in [9.17, 15) is 5.26 Å². The highest BCUT2D eigenvalue weighted by atomic mass is 15.0. The number of nitriles is 1. The minimum absolute atomic E-state index is 0.184. The molecule has 0 spiro atoms. The fraction of sp³-hybridized carbons (Fsp3) is 0.917. The van der Waals surface area contributed by atoms with E-state index >= 15 is 0 Å². The summed E-state index contributed by atoms with van der Waals surface area (Å²) in [4.78, 5) is 0. The topological polar surface area (TPSA) is 35.8 Å². The van der Waals surface area contributed by atoms with Crippen LogP contribution in [0.1, 0.15) is 52.4 Å². The third kappa shape index (κ3) is 2.09. The molecular weight excluding hydrogens is 172 g/mol. The molecule has 1 N–H and O–H groups in total. The number of hydrogen-bond donors (Lipinski definition) is 1. The average Bonchev–Trinajstić information content (AvgIpc) is 2.93. The van der Waals surface area contributed by atoms with Gasteiger partial charge in [0.25, 0.3) is 0 Å². The second kappa shape index (κ2) is 3.24. The summed E-state index contributed by atoms with van der Waals surface area (Å²) in [6.45, 7) is 4.62. The van der Waals surface area contributed by atoms with Gasteiger partial charge in [-0.25, -0.2) is 0 Å². The van der Waals surface area contributed by atoms with Crippen LogP contribution < -0.4 is 5.32 Å². The molecule has 14 heavy (non-hydrogen) atoms. The Morgan fingerprint density at radius 2 is 1.71 bits per heavy atom. The molecule has 0 amide bonds. The fourth-order valence-corrected chi connectivity index (χ4v) is 2.26. The smallest absolute Gasteiger partial charge is 0.107 e. The van der Waals surface area contributed by atoms with Crippen molar-refractivity contribution in [1.82, 2.24) is 5.32 Å². The van der Waals surface area contributed by atoms with Crippen LogP contribution in [0.25, 0.3) is 0 Å². The van der Waals surface area contributed by atoms with Crippen molar-refractivity contribution < 1.29 is 0 Å². The number of hydrogen-bond acceptors (Lipinski definition) is 2. The minimum Gasteiger partial charge on any atom is -0.297 e. The van der Waals surface area contributed by atoms with Crippen LogP contribution in [-0.2, 0) is 0 Å². The molecule has 0 heterocycles. The van der Waals surface area contributed by atoms with E-state index in [2.05, 4.69) is 25.2 Å². The molecule has 0 aromatic rings. The zero-order valence-corrected chi connectivity index (χ0v) is 9.27. The van der Waals surface area contributed by atoms with Gasteiger partial charge in [0.1, 0.15) is 5.54 Å². The van der Waals surface area contributed by atoms with Crippen LogP contribution in [-0.4, -0.2) is 11.6 Å². The van der Waals surface area contributed by atoms with Crippen LogP contribution in [0.2, 0.25) is 0 Å². The van der Waals surface area contributed by atoms with Gasteiger partial charge >= 0.3 is 0 Å². The van der Waals surface area contributed by atoms with Crippen molar-refractivity contribution in [3.63, 3.8) is 0 Å². The fourth-order valence-electron chi connectivity index (χ4n) is 2.26. The van der Waals surface area contributed by atoms with Gasteiger partial charge in [0.2, 0.25) is 0 Å². The number of nitrogens with one attached hydrogen (secondary N) is 1. The highest BCUT2D eigenvalue weighted by molar-refractivity contribution is 5.12. The van der Waals surface area contributed by atoms with Crippen LogP contribution in [0, 0.1) is 16.7 Å². The lowest BCUT2D eigenvalue weighted by atomic mass is 9.70. The van der Waals surface area contributed by atoms with Crippen LogP contribution in [0.15, 0.2) is 0 Å². The monoisotopic (exact) mass is 192 g/mol. The van der Waals surface area contributed by atoms with Gasteiger partial charge in [0.15, 0.2) is 0 Å². The predicted octanol–water partition coefficient (Wildman–Crippen LogP) is 2.60. The van der Waals surface area contributed by atoms with Gasteiger partial charge in [0, 0.05) is 6.04 Å². The van der Waals surface area contributed by atoms with Crippen molar-refractivity contribution >= 4 is 0 Å². The summed E-state index contributed by atoms with van der Waals surface area (Å²) >= 11 is 0. The van der Waals surface area contributed by atoms with Crippen molar-refractivity contribution in [3.05, 3.63) is 0 Å². The first-order valence-corrected chi connectivity index (χ1v) is 5.74. The van der Waals surface area contributed by atoms with E-state index in [0.717, 1.165) is 12.8 Å². The zero-order chi connectivity index (χ0) is 10.2. The van der Waals surface area contributed by atoms with E-state index in [1.165, 1.54) is 25.7 Å². The highest BCUT2D eigenvalue weighted by Crippen LogP contribution is 2.41. The molecule has 0 atom stereocenters. The summed E-state index contributed by atoms with van der Waals surface area (Å²) < 4.78 is 0. The van der Waals surface area contributed by atoms with Gasteiger partial charge < -0.3 is 0 Å². The molecule has 0 aromatic heterocycles. The molecule has 2 fully saturated rings. The van der Waals surface area contributed by atoms with Crippen molar-refractivity contribution in [3.8, 4) is 6.07 Å². The molecule has 0 saturated heterocycles. The summed E-state index contributed by atoms with van der Waals surface area (Å²) in [6, 6.07) is 3.16. The molecule has 2 saturated carbocycles. The normalized spacial score (nSPS) is 29.5. The SMILES string of the molecule is CC1(C)CCC(C#N)(NC2CC2)CC1. The molecule has 2 nitrogen and oxygen atoms in total. The molecule has 2 rings (SSSR count). The van der Waals surface area contributed by atoms with Crippen molar-refractivity contribution in [2.75, 3.05) is 0 Å². The van der Waals surface area contributed by atoms with Gasteiger partial charge in [-0.2, -0.15) is 5.26 Å². The summed E-state index contributed by atoms with van der Waals surface area (Å²) in [5, 5.41) is 12.8. The summed E-state index contributed by atoms with van der Waals surface area (Å²) in [5.74, 6) is 0. The van der Waals surface area contributed by atoms with Crippen molar-refractivity contribution in [1.29, 1.82) is 5.26 Å². The van der Waals surface area contributed by atoms with Gasteiger partial charge in [-0.1, -0.05) is 13.8 Å². The predicted molar refractivity (Wildman–Crippen MR) is 56.8 cm³/mol. The third-order valence-corrected chi connectivity index (χ3v) is 3.73. The molecule has 2 heteroatoms. The second-order valence-electron chi connectivity index (χ2n) is 5.78. The molecule has 0 aromatic carbocycles. The molecule has 2 aliphatic carbocycles. The lowest BCUT2D eigenvalue weighted by molar-refractivity contribution is 0.169. The Kier molecular flexibility index (Phi) is 2.31. The highest BCUT2D eigenvalue weighted by Gasteiger charge is 2.41. The second-order valence-corrected chi connectivity index (χ2v) is 5.78. The zero-order valence-electron chi connectivity index (χ0n) is 9.27. The minimum atomic E-state index is -0.184. The Balaban J connectivity index is 1.97. The largest absolute Gasteiger partial charge is 0.297 e. The van der Waals surface area contributed by atoms with Gasteiger partial charge in [0.05, 0.1) is 6.07 Å². The third-order valence-electron chi connectivity index (χ3n) is 3.73. The molecule has 0 aliphatic heterocycles. The Labute approximate surface area is 86.7 Å². The first-order chi connectivity index (χ1) is 6.55. The van der Waals surface area contributed by atoms with Crippen LogP contribution in [0.5, 0.6) is 0 Å². The number of nitrogens with zero attached hydrogens (tertiary/aromatic N) is 1. The van der Waals surface area contributed by atoms with E-state index in [1.54, 1.807) is 0 Å². The quantitative estimate of drug-likeness (QED) is 0.730. The van der Waals surface area contributed by atoms with Gasteiger partial charge in [-0.05, 0) is 43.9 Å². The van der Waals surface area contributed by atoms with Gasteiger partial charge in [-0.3, -0.25) is 5.32 Å². The Morgan fingerprint density at radius 3 is 2.14 bits per heavy atom. The van der Waals surface area contributed by atoms with E-state index in [1.807, 2.05) is 0 Å². The summed E-state index contributed by atoms with van der Waals surface area (Å²) in [6.07, 6.45) is 6.97. The van der Waals surface area contributed by atoms with Crippen molar-refractivity contribution in [2.45, 2.75) is 64.0 Å². The maximum Gasteiger partial charge on any atom is 0.107 e. The van der Waals surface area contributed by atoms with Crippen molar-refractivity contribution in [2.24, 2.45) is 5.41 Å².